The molecule has 2 aliphatic carbocycles. The highest BCUT2D eigenvalue weighted by molar-refractivity contribution is 8.01. The van der Waals surface area contributed by atoms with Crippen molar-refractivity contribution in [3.8, 4) is 11.5 Å². The van der Waals surface area contributed by atoms with E-state index in [-0.39, 0.29) is 16.9 Å². The third kappa shape index (κ3) is 4.49. The van der Waals surface area contributed by atoms with Crippen molar-refractivity contribution in [1.82, 2.24) is 4.57 Å². The molecule has 186 valence electrons. The molecule has 0 amide bonds. The second-order valence-corrected chi connectivity index (χ2v) is 11.8. The molecule has 6 rings (SSSR count). The number of allylic oxidation sites excluding steroid dienone is 2. The Labute approximate surface area is 219 Å². The zero-order valence-electron chi connectivity index (χ0n) is 20.6. The van der Waals surface area contributed by atoms with E-state index in [1.165, 1.54) is 19.3 Å². The van der Waals surface area contributed by atoms with Gasteiger partial charge in [-0.2, -0.15) is 0 Å². The Morgan fingerprint density at radius 3 is 2.05 bits per heavy atom. The van der Waals surface area contributed by atoms with Crippen LogP contribution in [0.5, 0.6) is 11.5 Å². The minimum absolute atomic E-state index is 0.0822. The van der Waals surface area contributed by atoms with Gasteiger partial charge in [-0.15, -0.1) is 0 Å². The fraction of sp³-hybridized carbons (Fsp3) is 0.219. The number of pyridine rings is 1. The lowest BCUT2D eigenvalue weighted by molar-refractivity contribution is 0.354. The molecule has 37 heavy (non-hydrogen) atoms. The van der Waals surface area contributed by atoms with E-state index in [4.69, 9.17) is 0 Å². The summed E-state index contributed by atoms with van der Waals surface area (Å²) in [5, 5.41) is 20.6. The normalized spacial score (nSPS) is 16.0. The zero-order valence-corrected chi connectivity index (χ0v) is 21.5. The summed E-state index contributed by atoms with van der Waals surface area (Å²) in [6, 6.07) is 23.0. The number of phenols is 2. The van der Waals surface area contributed by atoms with Crippen molar-refractivity contribution in [2.45, 2.75) is 54.4 Å². The Bertz CT molecular complexity index is 1510. The second-order valence-electron chi connectivity index (χ2n) is 9.82. The monoisotopic (exact) mass is 508 g/mol. The molecule has 0 aliphatic heterocycles. The highest BCUT2D eigenvalue weighted by Crippen LogP contribution is 2.37. The van der Waals surface area contributed by atoms with Crippen molar-refractivity contribution < 1.29 is 10.2 Å². The van der Waals surface area contributed by atoms with Gasteiger partial charge in [0.25, 0.3) is 0 Å². The van der Waals surface area contributed by atoms with Crippen LogP contribution in [0.25, 0.3) is 17.0 Å². The van der Waals surface area contributed by atoms with E-state index in [1.54, 1.807) is 24.3 Å². The van der Waals surface area contributed by atoms with Gasteiger partial charge in [-0.3, -0.25) is 4.79 Å². The topological polar surface area (TPSA) is 62.5 Å². The van der Waals surface area contributed by atoms with Gasteiger partial charge >= 0.3 is 0 Å². The smallest absolute Gasteiger partial charge is 0.197 e. The van der Waals surface area contributed by atoms with Crippen molar-refractivity contribution >= 4 is 27.9 Å². The third-order valence-corrected chi connectivity index (χ3v) is 9.67. The molecule has 3 aromatic carbocycles. The van der Waals surface area contributed by atoms with Crippen LogP contribution in [0.1, 0.15) is 49.4 Å². The maximum absolute atomic E-state index is 13.9. The van der Waals surface area contributed by atoms with Crippen LogP contribution in [0.3, 0.4) is 0 Å². The quantitative estimate of drug-likeness (QED) is 0.289. The number of fused-ring (bicyclic) bond motifs is 2. The summed E-state index contributed by atoms with van der Waals surface area (Å²) in [4.78, 5) is 17.1. The number of hydrogen-bond acceptors (Lipinski definition) is 3. The van der Waals surface area contributed by atoms with Gasteiger partial charge in [-0.05, 0) is 79.6 Å². The van der Waals surface area contributed by atoms with Gasteiger partial charge in [-0.25, -0.2) is 0 Å². The van der Waals surface area contributed by atoms with E-state index in [0.29, 0.717) is 12.5 Å². The van der Waals surface area contributed by atoms with Gasteiger partial charge in [0.2, 0.25) is 0 Å². The molecule has 5 heteroatoms. The van der Waals surface area contributed by atoms with Crippen LogP contribution in [0.4, 0.5) is 0 Å². The summed E-state index contributed by atoms with van der Waals surface area (Å²) in [6.07, 6.45) is 13.1. The predicted molar refractivity (Wildman–Crippen MR) is 151 cm³/mol. The molecule has 1 saturated carbocycles. The Balaban J connectivity index is 1.58. The number of nitrogens with zero attached hydrogens (tertiary/aromatic N) is 1. The average molecular weight is 509 g/mol. The number of aromatic nitrogens is 1. The molecule has 0 bridgehead atoms. The molecule has 0 spiro atoms. The highest BCUT2D eigenvalue weighted by atomic mass is 32.2. The Morgan fingerprint density at radius 2 is 1.41 bits per heavy atom. The zero-order chi connectivity index (χ0) is 25.4. The minimum atomic E-state index is -0.522. The van der Waals surface area contributed by atoms with Crippen molar-refractivity contribution in [3.63, 3.8) is 0 Å². The molecule has 0 unspecified atom stereocenters. The molecule has 1 heterocycles. The van der Waals surface area contributed by atoms with Crippen LogP contribution in [0, 0.1) is 0 Å². The largest absolute Gasteiger partial charge is 0.508 e. The Kier molecular flexibility index (Phi) is 6.39. The van der Waals surface area contributed by atoms with E-state index in [9.17, 15) is 15.0 Å². The molecule has 0 saturated heterocycles. The van der Waals surface area contributed by atoms with Gasteiger partial charge in [0.05, 0.1) is 16.4 Å². The molecule has 1 aromatic heterocycles. The molecule has 1 fully saturated rings. The standard InChI is InChI=1S/C32H29NO3S/c34-23-13-17-25(18-14-23)37(26-19-15-24(35)16-20-26)27-9-6-12-31-29(21-27)32(36)28-10-4-5-11-30(28)33(31)22-7-2-1-3-8-22/h4-6,9-11,13-22H,1-3,7-8,12H2,(H-,34,35)/p+1. The van der Waals surface area contributed by atoms with E-state index >= 15 is 0 Å². The minimum Gasteiger partial charge on any atom is -0.508 e. The number of hydrogen-bond donors (Lipinski definition) is 2. The molecule has 4 aromatic rings. The second kappa shape index (κ2) is 9.98. The summed E-state index contributed by atoms with van der Waals surface area (Å²) in [6.45, 7) is 0. The van der Waals surface area contributed by atoms with Crippen LogP contribution in [-0.2, 0) is 17.3 Å². The van der Waals surface area contributed by atoms with Gasteiger partial charge < -0.3 is 14.8 Å². The molecule has 0 radical (unpaired) electrons. The highest BCUT2D eigenvalue weighted by Gasteiger charge is 2.32. The van der Waals surface area contributed by atoms with E-state index in [1.807, 2.05) is 42.5 Å². The summed E-state index contributed by atoms with van der Waals surface area (Å²) >= 11 is 0. The lowest BCUT2D eigenvalue weighted by atomic mass is 9.93. The molecular formula is C32H30NO3S+. The van der Waals surface area contributed by atoms with Crippen molar-refractivity contribution in [1.29, 1.82) is 0 Å². The summed E-state index contributed by atoms with van der Waals surface area (Å²) in [5.74, 6) is 0.436. The molecule has 0 atom stereocenters. The first-order chi connectivity index (χ1) is 18.1. The van der Waals surface area contributed by atoms with Crippen LogP contribution in [-0.4, -0.2) is 14.8 Å². The number of rotatable bonds is 4. The summed E-state index contributed by atoms with van der Waals surface area (Å²) in [7, 11) is -0.522. The van der Waals surface area contributed by atoms with Crippen LogP contribution < -0.4 is 5.43 Å². The average Bonchev–Trinajstić information content (AvgIpc) is 3.15. The lowest BCUT2D eigenvalue weighted by Gasteiger charge is -2.30. The summed E-state index contributed by atoms with van der Waals surface area (Å²) in [5.41, 5.74) is 3.00. The fourth-order valence-electron chi connectivity index (χ4n) is 5.72. The van der Waals surface area contributed by atoms with Crippen LogP contribution in [0.2, 0.25) is 0 Å². The third-order valence-electron chi connectivity index (χ3n) is 7.45. The van der Waals surface area contributed by atoms with E-state index < -0.39 is 10.9 Å². The summed E-state index contributed by atoms with van der Waals surface area (Å²) < 4.78 is 2.47. The van der Waals surface area contributed by atoms with Crippen molar-refractivity contribution in [3.05, 3.63) is 111 Å². The Hall–Kier alpha value is -3.70. The first-order valence-corrected chi connectivity index (χ1v) is 14.2. The number of para-hydroxylation sites is 1. The maximum Gasteiger partial charge on any atom is 0.197 e. The van der Waals surface area contributed by atoms with Crippen LogP contribution >= 0.6 is 0 Å². The van der Waals surface area contributed by atoms with E-state index in [0.717, 1.165) is 49.7 Å². The van der Waals surface area contributed by atoms with Crippen LogP contribution in [0.15, 0.2) is 104 Å². The number of phenolic OH excluding ortho intramolecular Hbond substituents is 2. The van der Waals surface area contributed by atoms with Gasteiger partial charge in [0.15, 0.2) is 20.1 Å². The molecule has 4 nitrogen and oxygen atoms in total. The predicted octanol–water partition coefficient (Wildman–Crippen LogP) is 7.11. The first kappa shape index (κ1) is 23.7. The van der Waals surface area contributed by atoms with Gasteiger partial charge in [0, 0.05) is 35.2 Å². The lowest BCUT2D eigenvalue weighted by Crippen LogP contribution is -2.23. The van der Waals surface area contributed by atoms with Gasteiger partial charge in [0.1, 0.15) is 11.5 Å². The van der Waals surface area contributed by atoms with E-state index in [2.05, 4.69) is 28.9 Å². The fourth-order valence-corrected chi connectivity index (χ4v) is 7.82. The number of aromatic hydroxyl groups is 2. The SMILES string of the molecule is O=c1c2c(n(C3CCCCC3)c3ccccc13)CC=CC([S+](c1ccc(O)cc1)c1ccc(O)cc1)=C2. The maximum atomic E-state index is 13.9. The number of benzene rings is 3. The van der Waals surface area contributed by atoms with Crippen molar-refractivity contribution in [2.24, 2.45) is 0 Å². The van der Waals surface area contributed by atoms with Crippen molar-refractivity contribution in [2.75, 3.05) is 0 Å². The molecular weight excluding hydrogens is 478 g/mol. The molecule has 2 aliphatic rings. The Morgan fingerprint density at radius 1 is 0.784 bits per heavy atom. The van der Waals surface area contributed by atoms with Gasteiger partial charge in [-0.1, -0.05) is 37.5 Å². The molecule has 2 N–H and O–H groups in total. The first-order valence-electron chi connectivity index (χ1n) is 13.0.